The van der Waals surface area contributed by atoms with Crippen LogP contribution in [0.15, 0.2) is 0 Å². The number of hydrogen-bond donors (Lipinski definition) is 0. The predicted octanol–water partition coefficient (Wildman–Crippen LogP) is 3.25. The first kappa shape index (κ1) is 11.0. The highest BCUT2D eigenvalue weighted by molar-refractivity contribution is 5.04. The van der Waals surface area contributed by atoms with Gasteiger partial charge < -0.3 is 4.90 Å². The van der Waals surface area contributed by atoms with E-state index in [1.54, 1.807) is 0 Å². The second-order valence-electron chi connectivity index (χ2n) is 6.10. The molecule has 3 rings (SSSR count). The van der Waals surface area contributed by atoms with Crippen LogP contribution in [0.25, 0.3) is 0 Å². The van der Waals surface area contributed by atoms with E-state index < -0.39 is 6.17 Å². The number of halogens is 1. The molecule has 0 bridgehead atoms. The molecule has 0 amide bonds. The van der Waals surface area contributed by atoms with Crippen molar-refractivity contribution >= 4 is 0 Å². The fourth-order valence-electron chi connectivity index (χ4n) is 4.15. The molecule has 3 aliphatic rings. The largest absolute Gasteiger partial charge is 0.300 e. The maximum atomic E-state index is 13.5. The highest BCUT2D eigenvalue weighted by Gasteiger charge is 2.54. The molecule has 92 valence electrons. The van der Waals surface area contributed by atoms with Gasteiger partial charge in [0.15, 0.2) is 0 Å². The first-order chi connectivity index (χ1) is 7.79. The fraction of sp³-hybridized carbons (Fsp3) is 1.00. The Hall–Kier alpha value is -0.110. The maximum Gasteiger partial charge on any atom is 0.104 e. The van der Waals surface area contributed by atoms with Crippen molar-refractivity contribution in [3.8, 4) is 0 Å². The lowest BCUT2D eigenvalue weighted by Crippen LogP contribution is -2.37. The average molecular weight is 225 g/mol. The minimum absolute atomic E-state index is 0.461. The van der Waals surface area contributed by atoms with Crippen LogP contribution in [0, 0.1) is 17.8 Å². The number of rotatable bonds is 4. The normalized spacial score (nSPS) is 42.9. The van der Waals surface area contributed by atoms with Crippen LogP contribution in [0.4, 0.5) is 4.39 Å². The Kier molecular flexibility index (Phi) is 2.95. The Balaban J connectivity index is 1.56. The van der Waals surface area contributed by atoms with Crippen LogP contribution in [0.2, 0.25) is 0 Å². The summed E-state index contributed by atoms with van der Waals surface area (Å²) in [6, 6.07) is 0.820. The third kappa shape index (κ3) is 1.90. The summed E-state index contributed by atoms with van der Waals surface area (Å²) in [7, 11) is 0. The minimum atomic E-state index is -0.461. The molecule has 0 radical (unpaired) electrons. The molecule has 16 heavy (non-hydrogen) atoms. The van der Waals surface area contributed by atoms with Crippen molar-refractivity contribution in [2.24, 2.45) is 17.8 Å². The van der Waals surface area contributed by atoms with Gasteiger partial charge in [0.05, 0.1) is 0 Å². The molecule has 3 fully saturated rings. The summed E-state index contributed by atoms with van der Waals surface area (Å²) in [6.45, 7) is 4.61. The summed E-state index contributed by atoms with van der Waals surface area (Å²) in [5.74, 6) is 1.90. The molecule has 0 N–H and O–H groups in total. The maximum absolute atomic E-state index is 13.5. The van der Waals surface area contributed by atoms with E-state index in [1.807, 2.05) is 0 Å². The lowest BCUT2D eigenvalue weighted by molar-refractivity contribution is 0.162. The summed E-state index contributed by atoms with van der Waals surface area (Å²) >= 11 is 0. The van der Waals surface area contributed by atoms with Crippen LogP contribution >= 0.6 is 0 Å². The second-order valence-corrected chi connectivity index (χ2v) is 6.10. The average Bonchev–Trinajstić information content (AvgIpc) is 2.78. The van der Waals surface area contributed by atoms with E-state index in [4.69, 9.17) is 0 Å². The zero-order valence-corrected chi connectivity index (χ0v) is 10.4. The van der Waals surface area contributed by atoms with Crippen LogP contribution < -0.4 is 0 Å². The van der Waals surface area contributed by atoms with Crippen LogP contribution in [0.5, 0.6) is 0 Å². The summed E-state index contributed by atoms with van der Waals surface area (Å²) in [4.78, 5) is 2.64. The summed E-state index contributed by atoms with van der Waals surface area (Å²) < 4.78 is 13.5. The van der Waals surface area contributed by atoms with Gasteiger partial charge in [0, 0.05) is 12.6 Å². The van der Waals surface area contributed by atoms with Crippen molar-refractivity contribution in [1.29, 1.82) is 0 Å². The van der Waals surface area contributed by atoms with Crippen LogP contribution in [0.1, 0.15) is 45.4 Å². The third-order valence-electron chi connectivity index (χ3n) is 5.21. The van der Waals surface area contributed by atoms with E-state index in [1.165, 1.54) is 38.6 Å². The number of fused-ring (bicyclic) bond motifs is 1. The van der Waals surface area contributed by atoms with Crippen molar-refractivity contribution in [2.45, 2.75) is 57.7 Å². The van der Waals surface area contributed by atoms with Gasteiger partial charge in [-0.3, -0.25) is 0 Å². The lowest BCUT2D eigenvalue weighted by Gasteiger charge is -2.30. The highest BCUT2D eigenvalue weighted by atomic mass is 19.1. The molecule has 0 heterocycles. The Morgan fingerprint density at radius 3 is 2.38 bits per heavy atom. The molecule has 0 saturated heterocycles. The van der Waals surface area contributed by atoms with E-state index in [0.29, 0.717) is 11.8 Å². The minimum Gasteiger partial charge on any atom is -0.300 e. The van der Waals surface area contributed by atoms with Gasteiger partial charge in [-0.2, -0.15) is 0 Å². The Labute approximate surface area is 98.4 Å². The van der Waals surface area contributed by atoms with E-state index in [0.717, 1.165) is 24.9 Å². The molecule has 0 spiro atoms. The van der Waals surface area contributed by atoms with Gasteiger partial charge in [0.2, 0.25) is 0 Å². The van der Waals surface area contributed by atoms with E-state index >= 15 is 0 Å². The van der Waals surface area contributed by atoms with E-state index in [-0.39, 0.29) is 0 Å². The topological polar surface area (TPSA) is 3.24 Å². The first-order valence-corrected chi connectivity index (χ1v) is 7.17. The zero-order chi connectivity index (χ0) is 11.1. The number of hydrogen-bond acceptors (Lipinski definition) is 1. The van der Waals surface area contributed by atoms with Crippen molar-refractivity contribution in [1.82, 2.24) is 4.90 Å². The summed E-state index contributed by atoms with van der Waals surface area (Å²) in [5, 5.41) is 0. The molecule has 4 unspecified atom stereocenters. The molecular weight excluding hydrogens is 201 g/mol. The van der Waals surface area contributed by atoms with Gasteiger partial charge in [-0.05, 0) is 50.0 Å². The number of nitrogens with zero attached hydrogens (tertiary/aromatic N) is 1. The van der Waals surface area contributed by atoms with E-state index in [9.17, 15) is 4.39 Å². The van der Waals surface area contributed by atoms with Crippen LogP contribution in [-0.4, -0.2) is 30.2 Å². The second kappa shape index (κ2) is 4.29. The van der Waals surface area contributed by atoms with Gasteiger partial charge in [-0.25, -0.2) is 4.39 Å². The van der Waals surface area contributed by atoms with Crippen molar-refractivity contribution in [2.75, 3.05) is 13.1 Å². The summed E-state index contributed by atoms with van der Waals surface area (Å²) in [5.41, 5.74) is 0. The molecule has 3 aliphatic carbocycles. The predicted molar refractivity (Wildman–Crippen MR) is 64.1 cm³/mol. The molecule has 1 nitrogen and oxygen atoms in total. The quantitative estimate of drug-likeness (QED) is 0.710. The summed E-state index contributed by atoms with van der Waals surface area (Å²) in [6.07, 6.45) is 7.17. The van der Waals surface area contributed by atoms with Crippen molar-refractivity contribution in [3.05, 3.63) is 0 Å². The molecule has 4 atom stereocenters. The third-order valence-corrected chi connectivity index (χ3v) is 5.21. The van der Waals surface area contributed by atoms with E-state index in [2.05, 4.69) is 11.8 Å². The Bertz CT molecular complexity index is 249. The van der Waals surface area contributed by atoms with Crippen LogP contribution in [-0.2, 0) is 0 Å². The van der Waals surface area contributed by atoms with Gasteiger partial charge in [0.25, 0.3) is 0 Å². The lowest BCUT2D eigenvalue weighted by atomic mass is 10.0. The smallest absolute Gasteiger partial charge is 0.104 e. The number of alkyl halides is 1. The Morgan fingerprint density at radius 1 is 1.12 bits per heavy atom. The monoisotopic (exact) mass is 225 g/mol. The Morgan fingerprint density at radius 2 is 1.88 bits per heavy atom. The van der Waals surface area contributed by atoms with Gasteiger partial charge in [-0.1, -0.05) is 19.8 Å². The molecule has 2 heteroatoms. The molecule has 0 aromatic rings. The first-order valence-electron chi connectivity index (χ1n) is 7.17. The molecule has 0 aromatic heterocycles. The fourth-order valence-corrected chi connectivity index (χ4v) is 4.15. The van der Waals surface area contributed by atoms with Gasteiger partial charge in [-0.15, -0.1) is 0 Å². The molecule has 0 aliphatic heterocycles. The molecular formula is C14H24FN. The molecule has 3 saturated carbocycles. The van der Waals surface area contributed by atoms with Gasteiger partial charge >= 0.3 is 0 Å². The highest BCUT2D eigenvalue weighted by Crippen LogP contribution is 2.56. The molecule has 0 aromatic carbocycles. The standard InChI is InChI=1S/C14H24FN/c1-2-16(11-5-3-4-6-11)9-10-7-14(15)13-8-12(10)13/h10-14H,2-9H2,1H3. The van der Waals surface area contributed by atoms with Crippen LogP contribution in [0.3, 0.4) is 0 Å². The van der Waals surface area contributed by atoms with Crippen molar-refractivity contribution in [3.63, 3.8) is 0 Å². The zero-order valence-electron chi connectivity index (χ0n) is 10.4. The SMILES string of the molecule is CCN(CC1CC(F)C2CC12)C1CCCC1. The van der Waals surface area contributed by atoms with Crippen molar-refractivity contribution < 1.29 is 4.39 Å². The van der Waals surface area contributed by atoms with Gasteiger partial charge in [0.1, 0.15) is 6.17 Å².